The Labute approximate surface area is 172 Å². The molecule has 1 saturated heterocycles. The number of anilines is 2. The number of amides is 1. The summed E-state index contributed by atoms with van der Waals surface area (Å²) in [6.07, 6.45) is 3.78. The van der Waals surface area contributed by atoms with E-state index < -0.39 is 0 Å². The molecule has 0 bridgehead atoms. The molecule has 7 nitrogen and oxygen atoms in total. The molecule has 29 heavy (non-hydrogen) atoms. The van der Waals surface area contributed by atoms with Gasteiger partial charge in [0.1, 0.15) is 11.6 Å². The fourth-order valence-electron chi connectivity index (χ4n) is 3.69. The Morgan fingerprint density at radius 3 is 2.79 bits per heavy atom. The van der Waals surface area contributed by atoms with E-state index in [0.717, 1.165) is 48.8 Å². The number of aryl methyl sites for hydroxylation is 1. The Hall–Kier alpha value is -2.51. The maximum absolute atomic E-state index is 12.2. The summed E-state index contributed by atoms with van der Waals surface area (Å²) >= 11 is 0. The molecule has 2 aromatic heterocycles. The number of likely N-dealkylation sites (tertiary alicyclic amines) is 1. The van der Waals surface area contributed by atoms with Gasteiger partial charge in [0, 0.05) is 31.0 Å². The second-order valence-electron chi connectivity index (χ2n) is 7.72. The highest BCUT2D eigenvalue weighted by molar-refractivity contribution is 5.78. The molecule has 7 heteroatoms. The topological polar surface area (TPSA) is 79.4 Å². The van der Waals surface area contributed by atoms with Crippen LogP contribution in [0.3, 0.4) is 0 Å². The van der Waals surface area contributed by atoms with E-state index >= 15 is 0 Å². The van der Waals surface area contributed by atoms with E-state index in [1.165, 1.54) is 0 Å². The summed E-state index contributed by atoms with van der Waals surface area (Å²) in [6, 6.07) is 10.1. The molecule has 0 unspecified atom stereocenters. The molecule has 2 N–H and O–H groups in total. The first-order valence-corrected chi connectivity index (χ1v) is 10.2. The number of hydrogen-bond acceptors (Lipinski definition) is 6. The molecule has 1 amide bonds. The predicted octanol–water partition coefficient (Wildman–Crippen LogP) is 2.86. The van der Waals surface area contributed by atoms with Crippen molar-refractivity contribution in [2.45, 2.75) is 38.6 Å². The number of aromatic nitrogens is 2. The largest absolute Gasteiger partial charge is 0.383 e. The predicted molar refractivity (Wildman–Crippen MR) is 114 cm³/mol. The van der Waals surface area contributed by atoms with Gasteiger partial charge in [0.2, 0.25) is 5.91 Å². The monoisotopic (exact) mass is 397 g/mol. The molecule has 1 aliphatic rings. The number of methoxy groups -OCH3 is 1. The minimum atomic E-state index is 0.0345. The van der Waals surface area contributed by atoms with Crippen molar-refractivity contribution in [2.75, 3.05) is 38.7 Å². The van der Waals surface area contributed by atoms with Crippen molar-refractivity contribution >= 4 is 17.5 Å². The van der Waals surface area contributed by atoms with Crippen LogP contribution < -0.4 is 10.6 Å². The van der Waals surface area contributed by atoms with Gasteiger partial charge in [0.15, 0.2) is 0 Å². The van der Waals surface area contributed by atoms with Gasteiger partial charge in [-0.15, -0.1) is 0 Å². The average molecular weight is 398 g/mol. The van der Waals surface area contributed by atoms with Crippen LogP contribution in [0.25, 0.3) is 0 Å². The smallest absolute Gasteiger partial charge is 0.234 e. The summed E-state index contributed by atoms with van der Waals surface area (Å²) in [5.41, 5.74) is 2.19. The lowest BCUT2D eigenvalue weighted by Crippen LogP contribution is -2.44. The standard InChI is InChI=1S/C22H31N5O2/c1-16-6-5-11-23-22(16)26-20-8-4-7-19(25-20)18-9-12-27(13-10-18)14-21(28)24-17(2)15-29-3/h4-8,11,17-18H,9-10,12-15H2,1-3H3,(H,24,28)(H,23,25,26)/t17-/m0/s1. The normalized spacial score (nSPS) is 16.4. The Balaban J connectivity index is 1.52. The highest BCUT2D eigenvalue weighted by Crippen LogP contribution is 2.28. The number of pyridine rings is 2. The van der Waals surface area contributed by atoms with E-state index in [-0.39, 0.29) is 11.9 Å². The van der Waals surface area contributed by atoms with Crippen molar-refractivity contribution in [1.29, 1.82) is 0 Å². The molecule has 3 heterocycles. The number of carbonyl (C=O) groups excluding carboxylic acids is 1. The van der Waals surface area contributed by atoms with Gasteiger partial charge < -0.3 is 15.4 Å². The quantitative estimate of drug-likeness (QED) is 0.713. The third kappa shape index (κ3) is 6.24. The van der Waals surface area contributed by atoms with Gasteiger partial charge >= 0.3 is 0 Å². The van der Waals surface area contributed by atoms with Crippen molar-refractivity contribution in [3.63, 3.8) is 0 Å². The van der Waals surface area contributed by atoms with Gasteiger partial charge in [0.05, 0.1) is 13.2 Å². The second-order valence-corrected chi connectivity index (χ2v) is 7.72. The van der Waals surface area contributed by atoms with E-state index in [1.54, 1.807) is 13.3 Å². The van der Waals surface area contributed by atoms with Gasteiger partial charge in [-0.1, -0.05) is 12.1 Å². The zero-order valence-corrected chi connectivity index (χ0v) is 17.5. The van der Waals surface area contributed by atoms with Gasteiger partial charge in [-0.05, 0) is 63.5 Å². The third-order valence-corrected chi connectivity index (χ3v) is 5.22. The molecule has 1 aliphatic heterocycles. The Kier molecular flexibility index (Phi) is 7.55. The van der Waals surface area contributed by atoms with Gasteiger partial charge in [0.25, 0.3) is 0 Å². The van der Waals surface area contributed by atoms with Crippen LogP contribution in [0.2, 0.25) is 0 Å². The van der Waals surface area contributed by atoms with Crippen LogP contribution in [-0.2, 0) is 9.53 Å². The molecule has 0 spiro atoms. The number of ether oxygens (including phenoxy) is 1. The third-order valence-electron chi connectivity index (χ3n) is 5.22. The van der Waals surface area contributed by atoms with E-state index in [2.05, 4.69) is 26.6 Å². The lowest BCUT2D eigenvalue weighted by Gasteiger charge is -2.31. The second kappa shape index (κ2) is 10.3. The molecule has 0 aromatic carbocycles. The van der Waals surface area contributed by atoms with Crippen molar-refractivity contribution in [2.24, 2.45) is 0 Å². The summed E-state index contributed by atoms with van der Waals surface area (Å²) in [5.74, 6) is 2.12. The highest BCUT2D eigenvalue weighted by Gasteiger charge is 2.23. The summed E-state index contributed by atoms with van der Waals surface area (Å²) in [7, 11) is 1.64. The van der Waals surface area contributed by atoms with Crippen molar-refractivity contribution in [3.05, 3.63) is 47.8 Å². The first kappa shape index (κ1) is 21.2. The molecular formula is C22H31N5O2. The van der Waals surface area contributed by atoms with Crippen LogP contribution >= 0.6 is 0 Å². The van der Waals surface area contributed by atoms with E-state index in [1.807, 2.05) is 38.1 Å². The molecule has 156 valence electrons. The number of rotatable bonds is 8. The Bertz CT molecular complexity index is 805. The van der Waals surface area contributed by atoms with E-state index in [0.29, 0.717) is 19.1 Å². The SMILES string of the molecule is COC[C@H](C)NC(=O)CN1CCC(c2cccc(Nc3ncccc3C)n2)CC1. The van der Waals surface area contributed by atoms with Crippen LogP contribution in [-0.4, -0.2) is 60.2 Å². The van der Waals surface area contributed by atoms with Crippen LogP contribution in [0.1, 0.15) is 36.9 Å². The van der Waals surface area contributed by atoms with E-state index in [9.17, 15) is 4.79 Å². The first-order chi connectivity index (χ1) is 14.0. The number of hydrogen-bond donors (Lipinski definition) is 2. The van der Waals surface area contributed by atoms with Crippen molar-refractivity contribution < 1.29 is 9.53 Å². The fourth-order valence-corrected chi connectivity index (χ4v) is 3.69. The average Bonchev–Trinajstić information content (AvgIpc) is 2.70. The number of carbonyl (C=O) groups is 1. The summed E-state index contributed by atoms with van der Waals surface area (Å²) in [6.45, 7) is 6.75. The van der Waals surface area contributed by atoms with Crippen LogP contribution in [0.5, 0.6) is 0 Å². The lowest BCUT2D eigenvalue weighted by atomic mass is 9.93. The number of piperidine rings is 1. The van der Waals surface area contributed by atoms with Crippen LogP contribution in [0, 0.1) is 6.92 Å². The Morgan fingerprint density at radius 2 is 2.07 bits per heavy atom. The molecule has 1 atom stereocenters. The molecule has 3 rings (SSSR count). The van der Waals surface area contributed by atoms with Gasteiger partial charge in [-0.3, -0.25) is 9.69 Å². The molecule has 1 fully saturated rings. The molecule has 0 aliphatic carbocycles. The minimum Gasteiger partial charge on any atom is -0.383 e. The Morgan fingerprint density at radius 1 is 1.28 bits per heavy atom. The first-order valence-electron chi connectivity index (χ1n) is 10.2. The fraction of sp³-hybridized carbons (Fsp3) is 0.500. The zero-order valence-electron chi connectivity index (χ0n) is 17.5. The summed E-state index contributed by atoms with van der Waals surface area (Å²) in [5, 5.41) is 6.29. The number of nitrogens with one attached hydrogen (secondary N) is 2. The molecule has 2 aromatic rings. The maximum Gasteiger partial charge on any atom is 0.234 e. The maximum atomic E-state index is 12.2. The molecule has 0 radical (unpaired) electrons. The zero-order chi connectivity index (χ0) is 20.6. The molecule has 0 saturated carbocycles. The summed E-state index contributed by atoms with van der Waals surface area (Å²) in [4.78, 5) is 23.6. The van der Waals surface area contributed by atoms with Gasteiger partial charge in [-0.2, -0.15) is 0 Å². The lowest BCUT2D eigenvalue weighted by molar-refractivity contribution is -0.123. The minimum absolute atomic E-state index is 0.0345. The van der Waals surface area contributed by atoms with Crippen molar-refractivity contribution in [1.82, 2.24) is 20.2 Å². The summed E-state index contributed by atoms with van der Waals surface area (Å²) < 4.78 is 5.07. The van der Waals surface area contributed by atoms with Crippen LogP contribution in [0.15, 0.2) is 36.5 Å². The molecular weight excluding hydrogens is 366 g/mol. The highest BCUT2D eigenvalue weighted by atomic mass is 16.5. The van der Waals surface area contributed by atoms with E-state index in [4.69, 9.17) is 9.72 Å². The van der Waals surface area contributed by atoms with Crippen molar-refractivity contribution in [3.8, 4) is 0 Å². The number of nitrogens with zero attached hydrogens (tertiary/aromatic N) is 3. The van der Waals surface area contributed by atoms with Crippen LogP contribution in [0.4, 0.5) is 11.6 Å². The van der Waals surface area contributed by atoms with Gasteiger partial charge in [-0.25, -0.2) is 9.97 Å².